The summed E-state index contributed by atoms with van der Waals surface area (Å²) in [5, 5.41) is 0. The molecule has 0 saturated carbocycles. The fraction of sp³-hybridized carbons (Fsp3) is 0.917. The van der Waals surface area contributed by atoms with E-state index < -0.39 is 10.0 Å². The second kappa shape index (κ2) is 7.21. The zero-order valence-electron chi connectivity index (χ0n) is 12.0. The summed E-state index contributed by atoms with van der Waals surface area (Å²) in [6, 6.07) is 0.282. The van der Waals surface area contributed by atoms with Crippen molar-refractivity contribution in [2.45, 2.75) is 32.2 Å². The van der Waals surface area contributed by atoms with Gasteiger partial charge in [0, 0.05) is 32.1 Å². The lowest BCUT2D eigenvalue weighted by Crippen LogP contribution is -2.53. The second-order valence-electron chi connectivity index (χ2n) is 4.90. The Bertz CT molecular complexity index is 397. The fourth-order valence-corrected chi connectivity index (χ4v) is 3.77. The van der Waals surface area contributed by atoms with Crippen LogP contribution in [0.4, 0.5) is 0 Å². The van der Waals surface area contributed by atoms with Gasteiger partial charge in [-0.3, -0.25) is 4.79 Å². The van der Waals surface area contributed by atoms with Gasteiger partial charge in [0.05, 0.1) is 12.9 Å². The lowest BCUT2D eigenvalue weighted by Gasteiger charge is -2.38. The smallest absolute Gasteiger partial charge is 0.305 e. The standard InChI is InChI=1S/C12H24N2O4S/c1-4-11-10-14(8-7-13(11)2)19(16,17)9-5-6-12(15)18-3/h11H,4-10H2,1-3H3. The van der Waals surface area contributed by atoms with Crippen LogP contribution in [0.1, 0.15) is 26.2 Å². The lowest BCUT2D eigenvalue weighted by molar-refractivity contribution is -0.140. The summed E-state index contributed by atoms with van der Waals surface area (Å²) in [7, 11) is 0.0771. The number of sulfonamides is 1. The number of nitrogens with zero attached hydrogens (tertiary/aromatic N) is 2. The number of methoxy groups -OCH3 is 1. The molecule has 1 unspecified atom stereocenters. The third kappa shape index (κ3) is 4.74. The Hall–Kier alpha value is -0.660. The minimum absolute atomic E-state index is 0.0161. The second-order valence-corrected chi connectivity index (χ2v) is 6.98. The maximum atomic E-state index is 12.2. The first-order chi connectivity index (χ1) is 8.90. The van der Waals surface area contributed by atoms with Crippen molar-refractivity contribution in [1.82, 2.24) is 9.21 Å². The third-order valence-corrected chi connectivity index (χ3v) is 5.54. The highest BCUT2D eigenvalue weighted by molar-refractivity contribution is 7.89. The molecule has 1 fully saturated rings. The molecule has 19 heavy (non-hydrogen) atoms. The van der Waals surface area contributed by atoms with E-state index in [4.69, 9.17) is 0 Å². The molecule has 0 spiro atoms. The van der Waals surface area contributed by atoms with Crippen LogP contribution >= 0.6 is 0 Å². The van der Waals surface area contributed by atoms with E-state index in [1.165, 1.54) is 7.11 Å². The molecular formula is C12H24N2O4S. The number of carbonyl (C=O) groups excluding carboxylic acids is 1. The van der Waals surface area contributed by atoms with Crippen LogP contribution in [-0.4, -0.2) is 69.2 Å². The molecule has 0 aromatic heterocycles. The van der Waals surface area contributed by atoms with Crippen LogP contribution in [0.3, 0.4) is 0 Å². The highest BCUT2D eigenvalue weighted by Crippen LogP contribution is 2.15. The summed E-state index contributed by atoms with van der Waals surface area (Å²) in [6.45, 7) is 3.91. The molecule has 0 N–H and O–H groups in total. The van der Waals surface area contributed by atoms with E-state index in [0.717, 1.165) is 13.0 Å². The van der Waals surface area contributed by atoms with Crippen LogP contribution in [0.2, 0.25) is 0 Å². The van der Waals surface area contributed by atoms with Gasteiger partial charge in [0.15, 0.2) is 0 Å². The number of hydrogen-bond donors (Lipinski definition) is 0. The molecule has 1 saturated heterocycles. The Kier molecular flexibility index (Phi) is 6.22. The summed E-state index contributed by atoms with van der Waals surface area (Å²) in [5.41, 5.74) is 0. The number of ether oxygens (including phenoxy) is 1. The molecule has 0 radical (unpaired) electrons. The lowest BCUT2D eigenvalue weighted by atomic mass is 10.1. The van der Waals surface area contributed by atoms with Gasteiger partial charge in [0.1, 0.15) is 0 Å². The molecular weight excluding hydrogens is 268 g/mol. The van der Waals surface area contributed by atoms with Gasteiger partial charge in [-0.1, -0.05) is 6.92 Å². The monoisotopic (exact) mass is 292 g/mol. The first-order valence-corrected chi connectivity index (χ1v) is 8.26. The summed E-state index contributed by atoms with van der Waals surface area (Å²) >= 11 is 0. The number of carbonyl (C=O) groups is 1. The molecule has 1 atom stereocenters. The molecule has 1 aliphatic rings. The van der Waals surface area contributed by atoms with Gasteiger partial charge >= 0.3 is 5.97 Å². The molecule has 112 valence electrons. The molecule has 7 heteroatoms. The van der Waals surface area contributed by atoms with Crippen LogP contribution in [0.5, 0.6) is 0 Å². The Labute approximate surface area is 115 Å². The van der Waals surface area contributed by atoms with E-state index in [1.54, 1.807) is 4.31 Å². The van der Waals surface area contributed by atoms with Gasteiger partial charge < -0.3 is 9.64 Å². The molecule has 1 aliphatic heterocycles. The van der Waals surface area contributed by atoms with Crippen molar-refractivity contribution in [3.05, 3.63) is 0 Å². The van der Waals surface area contributed by atoms with Crippen LogP contribution in [-0.2, 0) is 19.6 Å². The zero-order valence-corrected chi connectivity index (χ0v) is 12.8. The Morgan fingerprint density at radius 3 is 2.63 bits per heavy atom. The predicted molar refractivity (Wildman–Crippen MR) is 73.3 cm³/mol. The van der Waals surface area contributed by atoms with Gasteiger partial charge in [0.2, 0.25) is 10.0 Å². The van der Waals surface area contributed by atoms with Gasteiger partial charge in [-0.15, -0.1) is 0 Å². The Morgan fingerprint density at radius 1 is 1.37 bits per heavy atom. The van der Waals surface area contributed by atoms with E-state index in [1.807, 2.05) is 7.05 Å². The minimum Gasteiger partial charge on any atom is -0.469 e. The maximum Gasteiger partial charge on any atom is 0.305 e. The van der Waals surface area contributed by atoms with Gasteiger partial charge in [-0.2, -0.15) is 4.31 Å². The molecule has 0 aromatic carbocycles. The van der Waals surface area contributed by atoms with Crippen molar-refractivity contribution < 1.29 is 17.9 Å². The number of rotatable bonds is 6. The highest BCUT2D eigenvalue weighted by atomic mass is 32.2. The molecule has 0 bridgehead atoms. The summed E-state index contributed by atoms with van der Waals surface area (Å²) in [4.78, 5) is 13.2. The molecule has 0 amide bonds. The Balaban J connectivity index is 2.50. The predicted octanol–water partition coefficient (Wildman–Crippen LogP) is 0.295. The first-order valence-electron chi connectivity index (χ1n) is 6.65. The van der Waals surface area contributed by atoms with Crippen molar-refractivity contribution in [1.29, 1.82) is 0 Å². The van der Waals surface area contributed by atoms with Gasteiger partial charge in [0.25, 0.3) is 0 Å². The maximum absolute atomic E-state index is 12.2. The number of piperazine rings is 1. The summed E-state index contributed by atoms with van der Waals surface area (Å²) in [5.74, 6) is -0.345. The number of hydrogen-bond acceptors (Lipinski definition) is 5. The quantitative estimate of drug-likeness (QED) is 0.659. The van der Waals surface area contributed by atoms with Crippen LogP contribution in [0.25, 0.3) is 0 Å². The molecule has 1 heterocycles. The van der Waals surface area contributed by atoms with Crippen molar-refractivity contribution in [2.75, 3.05) is 39.5 Å². The van der Waals surface area contributed by atoms with Crippen molar-refractivity contribution in [2.24, 2.45) is 0 Å². The summed E-state index contributed by atoms with van der Waals surface area (Å²) < 4.78 is 30.4. The molecule has 1 rings (SSSR count). The fourth-order valence-electron chi connectivity index (χ4n) is 2.24. The molecule has 0 aliphatic carbocycles. The largest absolute Gasteiger partial charge is 0.469 e. The van der Waals surface area contributed by atoms with E-state index in [0.29, 0.717) is 19.5 Å². The average Bonchev–Trinajstić information content (AvgIpc) is 2.38. The average molecular weight is 292 g/mol. The van der Waals surface area contributed by atoms with Crippen molar-refractivity contribution >= 4 is 16.0 Å². The first kappa shape index (κ1) is 16.4. The van der Waals surface area contributed by atoms with Crippen LogP contribution in [0.15, 0.2) is 0 Å². The minimum atomic E-state index is -3.25. The number of likely N-dealkylation sites (N-methyl/N-ethyl adjacent to an activating group) is 1. The van der Waals surface area contributed by atoms with Crippen molar-refractivity contribution in [3.63, 3.8) is 0 Å². The van der Waals surface area contributed by atoms with E-state index >= 15 is 0 Å². The molecule has 0 aromatic rings. The van der Waals surface area contributed by atoms with E-state index in [-0.39, 0.29) is 24.2 Å². The topological polar surface area (TPSA) is 66.9 Å². The Morgan fingerprint density at radius 2 is 2.05 bits per heavy atom. The van der Waals surface area contributed by atoms with E-state index in [2.05, 4.69) is 16.6 Å². The summed E-state index contributed by atoms with van der Waals surface area (Å²) in [6.07, 6.45) is 1.41. The highest BCUT2D eigenvalue weighted by Gasteiger charge is 2.30. The van der Waals surface area contributed by atoms with Gasteiger partial charge in [-0.25, -0.2) is 8.42 Å². The van der Waals surface area contributed by atoms with Crippen molar-refractivity contribution in [3.8, 4) is 0 Å². The van der Waals surface area contributed by atoms with E-state index in [9.17, 15) is 13.2 Å². The number of esters is 1. The third-order valence-electron chi connectivity index (χ3n) is 3.62. The van der Waals surface area contributed by atoms with Gasteiger partial charge in [-0.05, 0) is 19.9 Å². The van der Waals surface area contributed by atoms with Crippen LogP contribution in [0, 0.1) is 0 Å². The zero-order chi connectivity index (χ0) is 14.5. The SMILES string of the molecule is CCC1CN(S(=O)(=O)CCCC(=O)OC)CCN1C. The normalized spacial score (nSPS) is 22.4. The van der Waals surface area contributed by atoms with Crippen LogP contribution < -0.4 is 0 Å². The molecule has 6 nitrogen and oxygen atoms in total.